The van der Waals surface area contributed by atoms with Crippen LogP contribution in [0.4, 0.5) is 0 Å². The quantitative estimate of drug-likeness (QED) is 0.931. The zero-order valence-electron chi connectivity index (χ0n) is 10.1. The van der Waals surface area contributed by atoms with Crippen LogP contribution in [0, 0.1) is 0 Å². The Labute approximate surface area is 114 Å². The number of nitrogens with zero attached hydrogens (tertiary/aromatic N) is 2. The van der Waals surface area contributed by atoms with E-state index in [-0.39, 0.29) is 5.69 Å². The van der Waals surface area contributed by atoms with Gasteiger partial charge in [-0.1, -0.05) is 11.6 Å². The summed E-state index contributed by atoms with van der Waals surface area (Å²) < 4.78 is 5.33. The number of halogens is 1. The lowest BCUT2D eigenvalue weighted by atomic mass is 10.1. The van der Waals surface area contributed by atoms with E-state index in [0.717, 1.165) is 0 Å². The van der Waals surface area contributed by atoms with Crippen LogP contribution in [-0.2, 0) is 0 Å². The summed E-state index contributed by atoms with van der Waals surface area (Å²) in [6, 6.07) is 6.57. The van der Waals surface area contributed by atoms with Crippen LogP contribution in [0.1, 0.15) is 17.4 Å². The third kappa shape index (κ3) is 3.00. The van der Waals surface area contributed by atoms with E-state index in [1.54, 1.807) is 18.2 Å². The first-order chi connectivity index (χ1) is 9.11. The van der Waals surface area contributed by atoms with Gasteiger partial charge < -0.3 is 9.84 Å². The van der Waals surface area contributed by atoms with Crippen molar-refractivity contribution in [1.29, 1.82) is 0 Å². The third-order valence-corrected chi connectivity index (χ3v) is 2.71. The highest BCUT2D eigenvalue weighted by Crippen LogP contribution is 2.29. The normalized spacial score (nSPS) is 10.2. The molecule has 2 aromatic rings. The maximum Gasteiger partial charge on any atom is 0.354 e. The van der Waals surface area contributed by atoms with Gasteiger partial charge in [-0.25, -0.2) is 14.8 Å². The number of benzene rings is 1. The molecule has 1 aromatic carbocycles. The summed E-state index contributed by atoms with van der Waals surface area (Å²) in [4.78, 5) is 18.6. The van der Waals surface area contributed by atoms with Crippen LogP contribution in [0.2, 0.25) is 5.02 Å². The van der Waals surface area contributed by atoms with Gasteiger partial charge >= 0.3 is 5.97 Å². The molecule has 1 aromatic heterocycles. The summed E-state index contributed by atoms with van der Waals surface area (Å²) in [7, 11) is 0. The second-order valence-electron chi connectivity index (χ2n) is 3.67. The molecule has 0 aliphatic heterocycles. The Morgan fingerprint density at radius 1 is 1.37 bits per heavy atom. The topological polar surface area (TPSA) is 72.3 Å². The highest BCUT2D eigenvalue weighted by molar-refractivity contribution is 6.32. The molecule has 0 bridgehead atoms. The molecule has 6 heteroatoms. The van der Waals surface area contributed by atoms with E-state index in [1.165, 1.54) is 12.4 Å². The first-order valence-corrected chi connectivity index (χ1v) is 5.97. The molecule has 0 atom stereocenters. The molecule has 0 unspecified atom stereocenters. The van der Waals surface area contributed by atoms with Crippen LogP contribution < -0.4 is 4.74 Å². The summed E-state index contributed by atoms with van der Waals surface area (Å²) in [6.07, 6.45) is 1.21. The molecule has 1 N–H and O–H groups in total. The number of carboxylic acid groups (broad SMARTS) is 1. The zero-order chi connectivity index (χ0) is 13.8. The van der Waals surface area contributed by atoms with E-state index >= 15 is 0 Å². The lowest BCUT2D eigenvalue weighted by molar-refractivity contribution is 0.0690. The van der Waals surface area contributed by atoms with Crippen molar-refractivity contribution in [3.8, 4) is 17.0 Å². The predicted molar refractivity (Wildman–Crippen MR) is 70.6 cm³/mol. The van der Waals surface area contributed by atoms with Crippen molar-refractivity contribution in [2.24, 2.45) is 0 Å². The van der Waals surface area contributed by atoms with Gasteiger partial charge in [0.1, 0.15) is 12.1 Å². The molecule has 0 saturated carbocycles. The van der Waals surface area contributed by atoms with E-state index in [0.29, 0.717) is 28.6 Å². The summed E-state index contributed by atoms with van der Waals surface area (Å²) in [6.45, 7) is 2.39. The first kappa shape index (κ1) is 13.3. The number of hydrogen-bond donors (Lipinski definition) is 1. The smallest absolute Gasteiger partial charge is 0.354 e. The van der Waals surface area contributed by atoms with Crippen molar-refractivity contribution < 1.29 is 14.6 Å². The molecule has 0 spiro atoms. The summed E-state index contributed by atoms with van der Waals surface area (Å²) in [5.41, 5.74) is 1.14. The van der Waals surface area contributed by atoms with Crippen molar-refractivity contribution in [3.05, 3.63) is 41.3 Å². The minimum Gasteiger partial charge on any atom is -0.492 e. The zero-order valence-corrected chi connectivity index (χ0v) is 10.9. The average Bonchev–Trinajstić information content (AvgIpc) is 2.41. The molecule has 0 aliphatic carbocycles. The Hall–Kier alpha value is -2.14. The van der Waals surface area contributed by atoms with Crippen LogP contribution in [0.5, 0.6) is 5.75 Å². The number of carbonyl (C=O) groups is 1. The largest absolute Gasteiger partial charge is 0.492 e. The molecule has 0 saturated heterocycles. The van der Waals surface area contributed by atoms with Crippen molar-refractivity contribution in [1.82, 2.24) is 9.97 Å². The average molecular weight is 279 g/mol. The van der Waals surface area contributed by atoms with Crippen molar-refractivity contribution in [2.45, 2.75) is 6.92 Å². The summed E-state index contributed by atoms with van der Waals surface area (Å²) >= 11 is 6.08. The molecule has 0 amide bonds. The van der Waals surface area contributed by atoms with Crippen LogP contribution in [0.15, 0.2) is 30.6 Å². The molecule has 1 heterocycles. The highest BCUT2D eigenvalue weighted by Gasteiger charge is 2.09. The van der Waals surface area contributed by atoms with Gasteiger partial charge in [-0.2, -0.15) is 0 Å². The van der Waals surface area contributed by atoms with Gasteiger partial charge in [0, 0.05) is 5.56 Å². The van der Waals surface area contributed by atoms with Crippen molar-refractivity contribution >= 4 is 17.6 Å². The highest BCUT2D eigenvalue weighted by atomic mass is 35.5. The third-order valence-electron chi connectivity index (χ3n) is 2.41. The lowest BCUT2D eigenvalue weighted by Gasteiger charge is -2.07. The maximum absolute atomic E-state index is 10.9. The Morgan fingerprint density at radius 3 is 2.79 bits per heavy atom. The molecular formula is C13H11ClN2O3. The van der Waals surface area contributed by atoms with Gasteiger partial charge in [0.2, 0.25) is 0 Å². The second-order valence-corrected chi connectivity index (χ2v) is 4.08. The fourth-order valence-electron chi connectivity index (χ4n) is 1.56. The van der Waals surface area contributed by atoms with Gasteiger partial charge in [-0.15, -0.1) is 0 Å². The molecule has 19 heavy (non-hydrogen) atoms. The first-order valence-electron chi connectivity index (χ1n) is 5.60. The van der Waals surface area contributed by atoms with Crippen LogP contribution >= 0.6 is 11.6 Å². The number of aromatic nitrogens is 2. The van der Waals surface area contributed by atoms with Gasteiger partial charge in [-0.3, -0.25) is 0 Å². The number of ether oxygens (including phenoxy) is 1. The van der Waals surface area contributed by atoms with Gasteiger partial charge in [-0.05, 0) is 31.2 Å². The molecule has 0 aliphatic rings. The van der Waals surface area contributed by atoms with E-state index in [1.807, 2.05) is 6.92 Å². The molecule has 2 rings (SSSR count). The Kier molecular flexibility index (Phi) is 3.97. The summed E-state index contributed by atoms with van der Waals surface area (Å²) in [5.74, 6) is -0.513. The van der Waals surface area contributed by atoms with Crippen LogP contribution in [0.25, 0.3) is 11.3 Å². The molecule has 0 fully saturated rings. The maximum atomic E-state index is 10.9. The van der Waals surface area contributed by atoms with Gasteiger partial charge in [0.25, 0.3) is 0 Å². The van der Waals surface area contributed by atoms with Gasteiger partial charge in [0.15, 0.2) is 5.69 Å². The number of carboxylic acids is 1. The molecular weight excluding hydrogens is 268 g/mol. The summed E-state index contributed by atoms with van der Waals surface area (Å²) in [5, 5.41) is 9.34. The minimum absolute atomic E-state index is 0.0602. The Balaban J connectivity index is 2.39. The second kappa shape index (κ2) is 5.67. The van der Waals surface area contributed by atoms with Gasteiger partial charge in [0.05, 0.1) is 17.3 Å². The Bertz CT molecular complexity index is 617. The fourth-order valence-corrected chi connectivity index (χ4v) is 1.80. The number of aromatic carboxylic acids is 1. The van der Waals surface area contributed by atoms with Crippen molar-refractivity contribution in [3.63, 3.8) is 0 Å². The number of hydrogen-bond acceptors (Lipinski definition) is 4. The van der Waals surface area contributed by atoms with E-state index in [2.05, 4.69) is 9.97 Å². The van der Waals surface area contributed by atoms with Crippen LogP contribution in [0.3, 0.4) is 0 Å². The van der Waals surface area contributed by atoms with E-state index in [4.69, 9.17) is 21.4 Å². The van der Waals surface area contributed by atoms with Crippen LogP contribution in [-0.4, -0.2) is 27.7 Å². The monoisotopic (exact) mass is 278 g/mol. The number of rotatable bonds is 4. The molecule has 5 nitrogen and oxygen atoms in total. The SMILES string of the molecule is CCOc1ccc(-c2cc(C(=O)O)ncn2)cc1Cl. The Morgan fingerprint density at radius 2 is 2.16 bits per heavy atom. The van der Waals surface area contributed by atoms with E-state index < -0.39 is 5.97 Å². The minimum atomic E-state index is -1.10. The van der Waals surface area contributed by atoms with Crippen molar-refractivity contribution in [2.75, 3.05) is 6.61 Å². The lowest BCUT2D eigenvalue weighted by Crippen LogP contribution is -2.01. The fraction of sp³-hybridized carbons (Fsp3) is 0.154. The predicted octanol–water partition coefficient (Wildman–Crippen LogP) is 2.89. The molecule has 98 valence electrons. The molecule has 0 radical (unpaired) electrons. The van der Waals surface area contributed by atoms with E-state index in [9.17, 15) is 4.79 Å². The standard InChI is InChI=1S/C13H11ClN2O3/c1-2-19-12-4-3-8(5-9(12)14)10-6-11(13(17)18)16-7-15-10/h3-7H,2H2,1H3,(H,17,18).